The average molecular weight is 290 g/mol. The van der Waals surface area contributed by atoms with Gasteiger partial charge in [0.25, 0.3) is 5.69 Å². The molecule has 0 aromatic heterocycles. The van der Waals surface area contributed by atoms with E-state index in [1.807, 2.05) is 0 Å². The molecule has 1 aliphatic rings. The second-order valence-corrected chi connectivity index (χ2v) is 4.65. The Bertz CT molecular complexity index is 651. The Hall–Kier alpha value is -2.70. The molecule has 0 radical (unpaired) electrons. The van der Waals surface area contributed by atoms with Gasteiger partial charge >= 0.3 is 5.97 Å². The highest BCUT2D eigenvalue weighted by Gasteiger charge is 2.35. The highest BCUT2D eigenvalue weighted by Crippen LogP contribution is 2.37. The Morgan fingerprint density at radius 3 is 2.71 bits per heavy atom. The number of hydrogen-bond donors (Lipinski definition) is 1. The van der Waals surface area contributed by atoms with Crippen LogP contribution in [0.15, 0.2) is 35.5 Å². The molecule has 1 heterocycles. The first kappa shape index (κ1) is 14.7. The average Bonchev–Trinajstić information content (AvgIpc) is 2.45. The lowest BCUT2D eigenvalue weighted by atomic mass is 9.83. The van der Waals surface area contributed by atoms with Crippen LogP contribution in [0.3, 0.4) is 0 Å². The van der Waals surface area contributed by atoms with Crippen molar-refractivity contribution < 1.29 is 19.2 Å². The maximum absolute atomic E-state index is 11.9. The zero-order valence-corrected chi connectivity index (χ0v) is 11.6. The Kier molecular flexibility index (Phi) is 4.02. The van der Waals surface area contributed by atoms with Crippen molar-refractivity contribution >= 4 is 17.6 Å². The smallest absolute Gasteiger partial charge is 0.336 e. The van der Waals surface area contributed by atoms with Gasteiger partial charge in [0.1, 0.15) is 0 Å². The molecular formula is C14H14N2O5. The number of nitro groups is 1. The number of carbonyl (C=O) groups is 2. The molecule has 1 N–H and O–H groups in total. The maximum atomic E-state index is 11.9. The lowest BCUT2D eigenvalue weighted by Gasteiger charge is -2.25. The number of esters is 1. The normalized spacial score (nSPS) is 18.2. The van der Waals surface area contributed by atoms with E-state index in [2.05, 4.69) is 5.32 Å². The van der Waals surface area contributed by atoms with Gasteiger partial charge in [-0.3, -0.25) is 14.9 Å². The molecule has 7 heteroatoms. The number of benzene rings is 1. The van der Waals surface area contributed by atoms with Gasteiger partial charge in [0, 0.05) is 29.7 Å². The lowest BCUT2D eigenvalue weighted by molar-refractivity contribution is -0.385. The first-order valence-electron chi connectivity index (χ1n) is 6.28. The molecule has 2 rings (SSSR count). The van der Waals surface area contributed by atoms with Crippen LogP contribution < -0.4 is 5.32 Å². The summed E-state index contributed by atoms with van der Waals surface area (Å²) in [5.41, 5.74) is 0.816. The van der Waals surface area contributed by atoms with Crippen LogP contribution in [0, 0.1) is 10.1 Å². The fraction of sp³-hybridized carbons (Fsp3) is 0.286. The molecule has 1 atom stereocenters. The predicted molar refractivity (Wildman–Crippen MR) is 73.3 cm³/mol. The van der Waals surface area contributed by atoms with Gasteiger partial charge in [-0.15, -0.1) is 0 Å². The fourth-order valence-corrected chi connectivity index (χ4v) is 2.50. The third kappa shape index (κ3) is 2.76. The monoisotopic (exact) mass is 290 g/mol. The van der Waals surface area contributed by atoms with Gasteiger partial charge in [-0.2, -0.15) is 0 Å². The maximum Gasteiger partial charge on any atom is 0.336 e. The molecule has 1 unspecified atom stereocenters. The van der Waals surface area contributed by atoms with Crippen molar-refractivity contribution in [2.45, 2.75) is 19.3 Å². The van der Waals surface area contributed by atoms with Crippen molar-refractivity contribution in [3.63, 3.8) is 0 Å². The first-order valence-corrected chi connectivity index (χ1v) is 6.28. The predicted octanol–water partition coefficient (Wildman–Crippen LogP) is 1.65. The van der Waals surface area contributed by atoms with Crippen LogP contribution in [0.5, 0.6) is 0 Å². The zero-order chi connectivity index (χ0) is 15.6. The molecule has 110 valence electrons. The first-order chi connectivity index (χ1) is 9.95. The summed E-state index contributed by atoms with van der Waals surface area (Å²) in [5, 5.41) is 13.7. The third-order valence-corrected chi connectivity index (χ3v) is 3.38. The van der Waals surface area contributed by atoms with Gasteiger partial charge in [-0.25, -0.2) is 4.79 Å². The molecular weight excluding hydrogens is 276 g/mol. The quantitative estimate of drug-likeness (QED) is 0.518. The molecule has 1 aromatic rings. The third-order valence-electron chi connectivity index (χ3n) is 3.38. The summed E-state index contributed by atoms with van der Waals surface area (Å²) in [6.45, 7) is 1.57. The molecule has 0 aliphatic carbocycles. The Balaban J connectivity index is 2.60. The highest BCUT2D eigenvalue weighted by molar-refractivity contribution is 5.96. The van der Waals surface area contributed by atoms with Gasteiger partial charge in [0.05, 0.1) is 17.6 Å². The van der Waals surface area contributed by atoms with E-state index in [4.69, 9.17) is 4.74 Å². The Labute approximate surface area is 120 Å². The van der Waals surface area contributed by atoms with Gasteiger partial charge in [0.15, 0.2) is 0 Å². The van der Waals surface area contributed by atoms with Crippen molar-refractivity contribution in [3.8, 4) is 0 Å². The van der Waals surface area contributed by atoms with Crippen molar-refractivity contribution in [2.75, 3.05) is 7.11 Å². The van der Waals surface area contributed by atoms with Crippen LogP contribution in [0.1, 0.15) is 24.8 Å². The van der Waals surface area contributed by atoms with Crippen molar-refractivity contribution in [2.24, 2.45) is 0 Å². The molecule has 0 saturated carbocycles. The molecule has 0 saturated heterocycles. The minimum Gasteiger partial charge on any atom is -0.466 e. The second-order valence-electron chi connectivity index (χ2n) is 4.65. The summed E-state index contributed by atoms with van der Waals surface area (Å²) in [6, 6.07) is 6.09. The Morgan fingerprint density at radius 1 is 1.43 bits per heavy atom. The molecule has 1 amide bonds. The summed E-state index contributed by atoms with van der Waals surface area (Å²) >= 11 is 0. The van der Waals surface area contributed by atoms with Crippen LogP contribution in [0.4, 0.5) is 5.69 Å². The van der Waals surface area contributed by atoms with Crippen LogP contribution in [-0.2, 0) is 14.3 Å². The number of amides is 1. The van der Waals surface area contributed by atoms with Crippen molar-refractivity contribution in [1.82, 2.24) is 5.32 Å². The van der Waals surface area contributed by atoms with Crippen LogP contribution in [0.2, 0.25) is 0 Å². The number of nitrogens with zero attached hydrogens (tertiary/aromatic N) is 1. The second kappa shape index (κ2) is 5.74. The van der Waals surface area contributed by atoms with E-state index in [1.54, 1.807) is 25.1 Å². The molecule has 1 aliphatic heterocycles. The van der Waals surface area contributed by atoms with Crippen LogP contribution >= 0.6 is 0 Å². The zero-order valence-electron chi connectivity index (χ0n) is 11.6. The Morgan fingerprint density at radius 2 is 2.10 bits per heavy atom. The molecule has 7 nitrogen and oxygen atoms in total. The fourth-order valence-electron chi connectivity index (χ4n) is 2.50. The van der Waals surface area contributed by atoms with Gasteiger partial charge in [0.2, 0.25) is 5.91 Å². The van der Waals surface area contributed by atoms with E-state index in [1.165, 1.54) is 13.2 Å². The largest absolute Gasteiger partial charge is 0.466 e. The summed E-state index contributed by atoms with van der Waals surface area (Å²) in [5.74, 6) is -1.58. The number of nitrogens with one attached hydrogen (secondary N) is 1. The summed E-state index contributed by atoms with van der Waals surface area (Å²) < 4.78 is 4.73. The van der Waals surface area contributed by atoms with Crippen molar-refractivity contribution in [1.29, 1.82) is 0 Å². The topological polar surface area (TPSA) is 98.5 Å². The van der Waals surface area contributed by atoms with E-state index in [0.29, 0.717) is 11.3 Å². The van der Waals surface area contributed by atoms with Crippen LogP contribution in [-0.4, -0.2) is 23.9 Å². The number of para-hydroxylation sites is 1. The van der Waals surface area contributed by atoms with E-state index < -0.39 is 16.8 Å². The number of methoxy groups -OCH3 is 1. The standard InChI is InChI=1S/C14H14N2O5/c1-8-13(14(18)21-2)10(7-12(17)15-8)9-5-3-4-6-11(9)16(19)20/h3-6,10H,7H2,1-2H3,(H,15,17). The molecule has 0 spiro atoms. The number of nitro benzene ring substituents is 1. The van der Waals surface area contributed by atoms with E-state index in [-0.39, 0.29) is 23.6 Å². The number of hydrogen-bond acceptors (Lipinski definition) is 5. The SMILES string of the molecule is COC(=O)C1=C(C)NC(=O)CC1c1ccccc1[N+](=O)[O-]. The summed E-state index contributed by atoms with van der Waals surface area (Å²) in [4.78, 5) is 34.3. The number of carbonyl (C=O) groups excluding carboxylic acids is 2. The molecule has 21 heavy (non-hydrogen) atoms. The highest BCUT2D eigenvalue weighted by atomic mass is 16.6. The minimum atomic E-state index is -0.687. The molecule has 0 bridgehead atoms. The molecule has 1 aromatic carbocycles. The minimum absolute atomic E-state index is 0.0351. The van der Waals surface area contributed by atoms with E-state index in [0.717, 1.165) is 0 Å². The van der Waals surface area contributed by atoms with E-state index in [9.17, 15) is 19.7 Å². The van der Waals surface area contributed by atoms with Crippen molar-refractivity contribution in [3.05, 3.63) is 51.2 Å². The van der Waals surface area contributed by atoms with E-state index >= 15 is 0 Å². The number of ether oxygens (including phenoxy) is 1. The lowest BCUT2D eigenvalue weighted by Crippen LogP contribution is -2.34. The number of allylic oxidation sites excluding steroid dienone is 1. The number of rotatable bonds is 3. The molecule has 0 fully saturated rings. The summed E-state index contributed by atoms with van der Waals surface area (Å²) in [6.07, 6.45) is -0.0351. The van der Waals surface area contributed by atoms with Gasteiger partial charge in [-0.05, 0) is 6.92 Å². The summed E-state index contributed by atoms with van der Waals surface area (Å²) in [7, 11) is 1.23. The van der Waals surface area contributed by atoms with Gasteiger partial charge in [-0.1, -0.05) is 18.2 Å². The van der Waals surface area contributed by atoms with Gasteiger partial charge < -0.3 is 10.1 Å². The van der Waals surface area contributed by atoms with Crippen LogP contribution in [0.25, 0.3) is 0 Å².